The Morgan fingerprint density at radius 2 is 2.12 bits per heavy atom. The summed E-state index contributed by atoms with van der Waals surface area (Å²) in [4.78, 5) is 0. The number of nitrogens with zero attached hydrogens (tertiary/aromatic N) is 1. The van der Waals surface area contributed by atoms with E-state index >= 15 is 0 Å². The van der Waals surface area contributed by atoms with E-state index in [-0.39, 0.29) is 0 Å². The Hall–Kier alpha value is -0.160. The summed E-state index contributed by atoms with van der Waals surface area (Å²) in [6.45, 7) is 7.25. The zero-order valence-corrected chi connectivity index (χ0v) is 11.1. The van der Waals surface area contributed by atoms with E-state index in [1.165, 1.54) is 38.6 Å². The van der Waals surface area contributed by atoms with Gasteiger partial charge in [0.25, 0.3) is 0 Å². The van der Waals surface area contributed by atoms with Crippen molar-refractivity contribution in [2.24, 2.45) is 0 Å². The molecule has 0 aromatic heterocycles. The van der Waals surface area contributed by atoms with Gasteiger partial charge in [0, 0.05) is 25.2 Å². The van der Waals surface area contributed by atoms with Gasteiger partial charge in [-0.1, -0.05) is 12.8 Å². The van der Waals surface area contributed by atoms with E-state index in [4.69, 9.17) is 4.74 Å². The first kappa shape index (κ1) is 13.3. The van der Waals surface area contributed by atoms with Gasteiger partial charge in [-0.05, 0) is 32.7 Å². The molecule has 0 amide bonds. The van der Waals surface area contributed by atoms with Gasteiger partial charge in [0.2, 0.25) is 0 Å². The van der Waals surface area contributed by atoms with Crippen molar-refractivity contribution in [1.82, 2.24) is 15.8 Å². The van der Waals surface area contributed by atoms with E-state index < -0.39 is 0 Å². The molecule has 0 saturated carbocycles. The van der Waals surface area contributed by atoms with Crippen LogP contribution in [-0.2, 0) is 4.74 Å². The molecule has 0 radical (unpaired) electrons. The minimum atomic E-state index is 0.559. The van der Waals surface area contributed by atoms with Gasteiger partial charge < -0.3 is 10.1 Å². The third kappa shape index (κ3) is 4.92. The Bertz CT molecular complexity index is 199. The van der Waals surface area contributed by atoms with Gasteiger partial charge in [-0.2, -0.15) is 0 Å². The number of hydrogen-bond donors (Lipinski definition) is 2. The highest BCUT2D eigenvalue weighted by molar-refractivity contribution is 4.76. The molecule has 4 nitrogen and oxygen atoms in total. The van der Waals surface area contributed by atoms with Gasteiger partial charge in [-0.3, -0.25) is 5.43 Å². The second-order valence-electron chi connectivity index (χ2n) is 5.37. The molecule has 0 bridgehead atoms. The number of morpholine rings is 1. The summed E-state index contributed by atoms with van der Waals surface area (Å²) in [5.41, 5.74) is 3.60. The molecule has 0 spiro atoms. The molecule has 2 aliphatic heterocycles. The fourth-order valence-electron chi connectivity index (χ4n) is 2.79. The summed E-state index contributed by atoms with van der Waals surface area (Å²) < 4.78 is 5.35. The maximum atomic E-state index is 5.35. The lowest BCUT2D eigenvalue weighted by atomic mass is 10.0. The smallest absolute Gasteiger partial charge is 0.0608 e. The Kier molecular flexibility index (Phi) is 5.71. The van der Waals surface area contributed by atoms with Crippen LogP contribution >= 0.6 is 0 Å². The highest BCUT2D eigenvalue weighted by atomic mass is 16.5. The number of ether oxygens (including phenoxy) is 1. The Morgan fingerprint density at radius 1 is 1.29 bits per heavy atom. The van der Waals surface area contributed by atoms with Crippen LogP contribution in [0.3, 0.4) is 0 Å². The molecule has 2 unspecified atom stereocenters. The van der Waals surface area contributed by atoms with E-state index in [1.54, 1.807) is 0 Å². The molecule has 2 rings (SSSR count). The first-order valence-corrected chi connectivity index (χ1v) is 7.17. The van der Waals surface area contributed by atoms with E-state index in [0.717, 1.165) is 26.3 Å². The topological polar surface area (TPSA) is 36.5 Å². The standard InChI is InChI=1S/C13H27N3O/c1-12(15-16-7-9-17-10-8-16)11-13-5-3-2-4-6-14-13/h12-15H,2-11H2,1H3. The molecule has 2 N–H and O–H groups in total. The Labute approximate surface area is 105 Å². The molecule has 2 heterocycles. The predicted molar refractivity (Wildman–Crippen MR) is 69.9 cm³/mol. The van der Waals surface area contributed by atoms with Crippen LogP contribution in [0.25, 0.3) is 0 Å². The highest BCUT2D eigenvalue weighted by Crippen LogP contribution is 2.12. The van der Waals surface area contributed by atoms with Crippen molar-refractivity contribution in [1.29, 1.82) is 0 Å². The minimum absolute atomic E-state index is 0.559. The van der Waals surface area contributed by atoms with Gasteiger partial charge in [-0.25, -0.2) is 5.01 Å². The molecule has 0 aliphatic carbocycles. The normalized spacial score (nSPS) is 29.8. The molecule has 17 heavy (non-hydrogen) atoms. The summed E-state index contributed by atoms with van der Waals surface area (Å²) in [7, 11) is 0. The molecule has 4 heteroatoms. The van der Waals surface area contributed by atoms with Crippen molar-refractivity contribution in [3.63, 3.8) is 0 Å². The van der Waals surface area contributed by atoms with Crippen LogP contribution in [0.4, 0.5) is 0 Å². The quantitative estimate of drug-likeness (QED) is 0.774. The van der Waals surface area contributed by atoms with Crippen molar-refractivity contribution in [2.45, 2.75) is 51.1 Å². The summed E-state index contributed by atoms with van der Waals surface area (Å²) >= 11 is 0. The summed E-state index contributed by atoms with van der Waals surface area (Å²) in [6.07, 6.45) is 6.71. The van der Waals surface area contributed by atoms with Crippen molar-refractivity contribution >= 4 is 0 Å². The zero-order chi connectivity index (χ0) is 11.9. The fraction of sp³-hybridized carbons (Fsp3) is 1.00. The predicted octanol–water partition coefficient (Wildman–Crippen LogP) is 1.13. The van der Waals surface area contributed by atoms with Gasteiger partial charge in [0.1, 0.15) is 0 Å². The summed E-state index contributed by atoms with van der Waals surface area (Å²) in [6, 6.07) is 1.27. The average molecular weight is 241 g/mol. The van der Waals surface area contributed by atoms with E-state index in [2.05, 4.69) is 22.7 Å². The van der Waals surface area contributed by atoms with Crippen molar-refractivity contribution < 1.29 is 4.74 Å². The Morgan fingerprint density at radius 3 is 2.94 bits per heavy atom. The summed E-state index contributed by atoms with van der Waals surface area (Å²) in [5.74, 6) is 0. The number of hydrogen-bond acceptors (Lipinski definition) is 4. The van der Waals surface area contributed by atoms with Crippen LogP contribution in [0.5, 0.6) is 0 Å². The van der Waals surface area contributed by atoms with Gasteiger partial charge in [0.05, 0.1) is 13.2 Å². The average Bonchev–Trinajstić information content (AvgIpc) is 2.59. The lowest BCUT2D eigenvalue weighted by Gasteiger charge is -2.31. The molecular formula is C13H27N3O. The van der Waals surface area contributed by atoms with Gasteiger partial charge >= 0.3 is 0 Å². The molecule has 100 valence electrons. The van der Waals surface area contributed by atoms with Gasteiger partial charge in [-0.15, -0.1) is 0 Å². The molecule has 0 aromatic carbocycles. The maximum absolute atomic E-state index is 5.35. The number of hydrazine groups is 1. The van der Waals surface area contributed by atoms with Crippen molar-refractivity contribution in [2.75, 3.05) is 32.8 Å². The molecule has 2 saturated heterocycles. The Balaban J connectivity index is 1.66. The molecule has 2 aliphatic rings. The minimum Gasteiger partial charge on any atom is -0.379 e. The third-order valence-corrected chi connectivity index (χ3v) is 3.71. The van der Waals surface area contributed by atoms with Crippen LogP contribution in [0, 0.1) is 0 Å². The number of nitrogens with one attached hydrogen (secondary N) is 2. The fourth-order valence-corrected chi connectivity index (χ4v) is 2.79. The third-order valence-electron chi connectivity index (χ3n) is 3.71. The van der Waals surface area contributed by atoms with Crippen molar-refractivity contribution in [3.8, 4) is 0 Å². The van der Waals surface area contributed by atoms with E-state index in [0.29, 0.717) is 12.1 Å². The molecule has 0 aromatic rings. The SMILES string of the molecule is CC(CC1CCCCCN1)NN1CCOCC1. The first-order valence-electron chi connectivity index (χ1n) is 7.17. The highest BCUT2D eigenvalue weighted by Gasteiger charge is 2.17. The van der Waals surface area contributed by atoms with E-state index in [1.807, 2.05) is 0 Å². The first-order chi connectivity index (χ1) is 8.34. The van der Waals surface area contributed by atoms with Crippen LogP contribution in [0.1, 0.15) is 39.0 Å². The monoisotopic (exact) mass is 241 g/mol. The van der Waals surface area contributed by atoms with Crippen LogP contribution in [-0.4, -0.2) is 49.9 Å². The largest absolute Gasteiger partial charge is 0.379 e. The van der Waals surface area contributed by atoms with Gasteiger partial charge in [0.15, 0.2) is 0 Å². The number of rotatable bonds is 4. The van der Waals surface area contributed by atoms with Crippen LogP contribution in [0.15, 0.2) is 0 Å². The molecular weight excluding hydrogens is 214 g/mol. The molecule has 2 atom stereocenters. The van der Waals surface area contributed by atoms with E-state index in [9.17, 15) is 0 Å². The maximum Gasteiger partial charge on any atom is 0.0608 e. The molecule has 2 fully saturated rings. The van der Waals surface area contributed by atoms with Crippen LogP contribution in [0.2, 0.25) is 0 Å². The van der Waals surface area contributed by atoms with Crippen molar-refractivity contribution in [3.05, 3.63) is 0 Å². The second-order valence-corrected chi connectivity index (χ2v) is 5.37. The summed E-state index contributed by atoms with van der Waals surface area (Å²) in [5, 5.41) is 5.98. The zero-order valence-electron chi connectivity index (χ0n) is 11.1. The lowest BCUT2D eigenvalue weighted by molar-refractivity contribution is 0.00364. The van der Waals surface area contributed by atoms with Crippen LogP contribution < -0.4 is 10.7 Å². The second kappa shape index (κ2) is 7.31. The lowest BCUT2D eigenvalue weighted by Crippen LogP contribution is -2.50.